The first kappa shape index (κ1) is 16.7. The van der Waals surface area contributed by atoms with Crippen molar-refractivity contribution in [1.29, 1.82) is 0 Å². The maximum atomic E-state index is 12.3. The van der Waals surface area contributed by atoms with Crippen molar-refractivity contribution in [2.45, 2.75) is 13.0 Å². The Morgan fingerprint density at radius 3 is 2.71 bits per heavy atom. The first-order chi connectivity index (χ1) is 11.5. The molecule has 0 unspecified atom stereocenters. The number of esters is 1. The van der Waals surface area contributed by atoms with E-state index < -0.39 is 12.1 Å². The van der Waals surface area contributed by atoms with E-state index in [0.29, 0.717) is 10.9 Å². The van der Waals surface area contributed by atoms with Gasteiger partial charge in [-0.1, -0.05) is 45.7 Å². The first-order valence-corrected chi connectivity index (χ1v) is 8.26. The second kappa shape index (κ2) is 7.15. The second-order valence-electron chi connectivity index (χ2n) is 4.98. The molecular weight excluding hydrogens is 396 g/mol. The Hall–Kier alpha value is -2.18. The van der Waals surface area contributed by atoms with Gasteiger partial charge in [0.2, 0.25) is 5.89 Å². The van der Waals surface area contributed by atoms with Crippen LogP contribution in [-0.2, 0) is 4.74 Å². The summed E-state index contributed by atoms with van der Waals surface area (Å²) in [7, 11) is 0. The van der Waals surface area contributed by atoms with Gasteiger partial charge < -0.3 is 9.15 Å². The Morgan fingerprint density at radius 2 is 1.96 bits per heavy atom. The molecule has 0 saturated heterocycles. The third-order valence-corrected chi connectivity index (χ3v) is 4.06. The average Bonchev–Trinajstić information content (AvgIpc) is 3.08. The molecule has 1 aromatic heterocycles. The summed E-state index contributed by atoms with van der Waals surface area (Å²) >= 11 is 9.33. The van der Waals surface area contributed by atoms with E-state index in [9.17, 15) is 4.79 Å². The van der Waals surface area contributed by atoms with Gasteiger partial charge in [0.15, 0.2) is 6.10 Å². The van der Waals surface area contributed by atoms with Gasteiger partial charge in [-0.3, -0.25) is 0 Å². The van der Waals surface area contributed by atoms with Gasteiger partial charge >= 0.3 is 5.97 Å². The van der Waals surface area contributed by atoms with Gasteiger partial charge in [-0.25, -0.2) is 4.79 Å². The largest absolute Gasteiger partial charge is 0.449 e. The summed E-state index contributed by atoms with van der Waals surface area (Å²) in [6.07, 6.45) is -0.697. The highest BCUT2D eigenvalue weighted by atomic mass is 79.9. The fourth-order valence-electron chi connectivity index (χ4n) is 2.02. The lowest BCUT2D eigenvalue weighted by Gasteiger charge is -2.10. The Kier molecular flexibility index (Phi) is 4.97. The normalized spacial score (nSPS) is 12.0. The summed E-state index contributed by atoms with van der Waals surface area (Å²) in [6, 6.07) is 14.3. The third kappa shape index (κ3) is 3.66. The van der Waals surface area contributed by atoms with Crippen LogP contribution in [-0.4, -0.2) is 16.2 Å². The van der Waals surface area contributed by atoms with Crippen molar-refractivity contribution in [3.63, 3.8) is 0 Å². The van der Waals surface area contributed by atoms with Crippen molar-refractivity contribution < 1.29 is 13.9 Å². The summed E-state index contributed by atoms with van der Waals surface area (Å²) in [6.45, 7) is 1.66. The van der Waals surface area contributed by atoms with Crippen LogP contribution >= 0.6 is 27.5 Å². The van der Waals surface area contributed by atoms with Crippen LogP contribution in [0.1, 0.15) is 29.3 Å². The topological polar surface area (TPSA) is 65.2 Å². The van der Waals surface area contributed by atoms with Crippen LogP contribution in [0.3, 0.4) is 0 Å². The van der Waals surface area contributed by atoms with E-state index in [2.05, 4.69) is 26.1 Å². The molecule has 0 N–H and O–H groups in total. The molecule has 0 spiro atoms. The Balaban J connectivity index is 1.75. The second-order valence-corrected chi connectivity index (χ2v) is 6.31. The molecule has 7 heteroatoms. The number of carbonyl (C=O) groups excluding carboxylic acids is 1. The number of ether oxygens (including phenoxy) is 1. The van der Waals surface area contributed by atoms with Gasteiger partial charge in [0.05, 0.1) is 10.6 Å². The van der Waals surface area contributed by atoms with Crippen LogP contribution in [0.25, 0.3) is 11.5 Å². The van der Waals surface area contributed by atoms with Crippen LogP contribution in [0.5, 0.6) is 0 Å². The van der Waals surface area contributed by atoms with Crippen LogP contribution in [0, 0.1) is 0 Å². The minimum absolute atomic E-state index is 0.216. The van der Waals surface area contributed by atoms with E-state index >= 15 is 0 Å². The average molecular weight is 408 g/mol. The van der Waals surface area contributed by atoms with Crippen LogP contribution in [0.4, 0.5) is 0 Å². The zero-order valence-corrected chi connectivity index (χ0v) is 14.9. The number of benzene rings is 2. The molecule has 24 heavy (non-hydrogen) atoms. The maximum absolute atomic E-state index is 12.3. The van der Waals surface area contributed by atoms with Gasteiger partial charge in [-0.2, -0.15) is 0 Å². The molecule has 0 fully saturated rings. The van der Waals surface area contributed by atoms with Gasteiger partial charge in [0.25, 0.3) is 5.89 Å². The Bertz CT molecular complexity index is 867. The van der Waals surface area contributed by atoms with E-state index in [1.807, 2.05) is 30.3 Å². The SMILES string of the molecule is C[C@@H](OC(=O)c1cc(Br)ccc1Cl)c1nnc(-c2ccccc2)o1. The van der Waals surface area contributed by atoms with Crippen LogP contribution < -0.4 is 0 Å². The van der Waals surface area contributed by atoms with Crippen molar-refractivity contribution in [2.75, 3.05) is 0 Å². The highest BCUT2D eigenvalue weighted by Crippen LogP contribution is 2.26. The molecule has 5 nitrogen and oxygen atoms in total. The summed E-state index contributed by atoms with van der Waals surface area (Å²) in [4.78, 5) is 12.3. The predicted molar refractivity (Wildman–Crippen MR) is 92.7 cm³/mol. The maximum Gasteiger partial charge on any atom is 0.340 e. The monoisotopic (exact) mass is 406 g/mol. The fraction of sp³-hybridized carbons (Fsp3) is 0.118. The predicted octanol–water partition coefficient (Wildman–Crippen LogP) is 5.07. The quantitative estimate of drug-likeness (QED) is 0.565. The third-order valence-electron chi connectivity index (χ3n) is 3.24. The summed E-state index contributed by atoms with van der Waals surface area (Å²) < 4.78 is 11.7. The smallest absolute Gasteiger partial charge is 0.340 e. The Labute approximate surface area is 151 Å². The minimum atomic E-state index is -0.697. The van der Waals surface area contributed by atoms with Crippen LogP contribution in [0.15, 0.2) is 57.4 Å². The summed E-state index contributed by atoms with van der Waals surface area (Å²) in [5.41, 5.74) is 1.06. The first-order valence-electron chi connectivity index (χ1n) is 7.09. The molecular formula is C17H12BrClN2O3. The molecule has 0 aliphatic heterocycles. The van der Waals surface area contributed by atoms with Gasteiger partial charge in [-0.15, -0.1) is 10.2 Å². The number of aromatic nitrogens is 2. The molecule has 122 valence electrons. The molecule has 0 radical (unpaired) electrons. The number of hydrogen-bond acceptors (Lipinski definition) is 5. The lowest BCUT2D eigenvalue weighted by Crippen LogP contribution is -2.10. The zero-order chi connectivity index (χ0) is 17.1. The molecule has 1 atom stereocenters. The van der Waals surface area contributed by atoms with Crippen LogP contribution in [0.2, 0.25) is 5.02 Å². The van der Waals surface area contributed by atoms with E-state index in [4.69, 9.17) is 20.8 Å². The van der Waals surface area contributed by atoms with Gasteiger partial charge in [0.1, 0.15) is 0 Å². The Morgan fingerprint density at radius 1 is 1.21 bits per heavy atom. The number of hydrogen-bond donors (Lipinski definition) is 0. The van der Waals surface area contributed by atoms with E-state index in [-0.39, 0.29) is 11.5 Å². The summed E-state index contributed by atoms with van der Waals surface area (Å²) in [5.74, 6) is 0.0237. The standard InChI is InChI=1S/C17H12BrClN2O3/c1-10(23-17(22)13-9-12(18)7-8-14(13)19)15-20-21-16(24-15)11-5-3-2-4-6-11/h2-10H,1H3/t10-/m1/s1. The van der Waals surface area contributed by atoms with E-state index in [1.165, 1.54) is 0 Å². The molecule has 0 bridgehead atoms. The van der Waals surface area contributed by atoms with Crippen molar-refractivity contribution >= 4 is 33.5 Å². The molecule has 0 amide bonds. The molecule has 0 saturated carbocycles. The number of carbonyl (C=O) groups is 1. The molecule has 0 aliphatic carbocycles. The van der Waals surface area contributed by atoms with Crippen molar-refractivity contribution in [3.05, 3.63) is 69.5 Å². The summed E-state index contributed by atoms with van der Waals surface area (Å²) in [5, 5.41) is 8.23. The minimum Gasteiger partial charge on any atom is -0.449 e. The lowest BCUT2D eigenvalue weighted by atomic mass is 10.2. The van der Waals surface area contributed by atoms with Gasteiger partial charge in [-0.05, 0) is 37.3 Å². The highest BCUT2D eigenvalue weighted by molar-refractivity contribution is 9.10. The highest BCUT2D eigenvalue weighted by Gasteiger charge is 2.21. The number of rotatable bonds is 4. The van der Waals surface area contributed by atoms with E-state index in [1.54, 1.807) is 25.1 Å². The lowest BCUT2D eigenvalue weighted by molar-refractivity contribution is 0.0280. The molecule has 3 aromatic rings. The van der Waals surface area contributed by atoms with Crippen molar-refractivity contribution in [1.82, 2.24) is 10.2 Å². The molecule has 1 heterocycles. The molecule has 3 rings (SSSR count). The molecule has 0 aliphatic rings. The number of nitrogens with zero attached hydrogens (tertiary/aromatic N) is 2. The van der Waals surface area contributed by atoms with Gasteiger partial charge in [0, 0.05) is 10.0 Å². The zero-order valence-electron chi connectivity index (χ0n) is 12.6. The fourth-order valence-corrected chi connectivity index (χ4v) is 2.58. The van der Waals surface area contributed by atoms with Crippen molar-refractivity contribution in [2.24, 2.45) is 0 Å². The molecule has 2 aromatic carbocycles. The van der Waals surface area contributed by atoms with Crippen molar-refractivity contribution in [3.8, 4) is 11.5 Å². The number of halogens is 2. The van der Waals surface area contributed by atoms with E-state index in [0.717, 1.165) is 10.0 Å².